The van der Waals surface area contributed by atoms with Gasteiger partial charge in [0.1, 0.15) is 17.2 Å². The van der Waals surface area contributed by atoms with E-state index in [-0.39, 0.29) is 17.3 Å². The number of ether oxygens (including phenoxy) is 1. The first-order valence-electron chi connectivity index (χ1n) is 7.07. The van der Waals surface area contributed by atoms with Crippen molar-refractivity contribution in [3.63, 3.8) is 0 Å². The van der Waals surface area contributed by atoms with E-state index in [4.69, 9.17) is 16.2 Å². The zero-order valence-corrected chi connectivity index (χ0v) is 12.9. The number of aromatic nitrogens is 3. The maximum atomic E-state index is 12.4. The third kappa shape index (κ3) is 2.57. The summed E-state index contributed by atoms with van der Waals surface area (Å²) in [4.78, 5) is 23.2. The minimum absolute atomic E-state index is 0.0301. The van der Waals surface area contributed by atoms with Gasteiger partial charge in [-0.15, -0.1) is 0 Å². The highest BCUT2D eigenvalue weighted by molar-refractivity contribution is 5.90. The Labute approximate surface area is 132 Å². The number of nitrogens with one attached hydrogen (secondary N) is 1. The van der Waals surface area contributed by atoms with Crippen LogP contribution in [0, 0.1) is 6.92 Å². The number of fused-ring (bicyclic) bond motifs is 1. The fourth-order valence-corrected chi connectivity index (χ4v) is 2.71. The molecule has 0 aliphatic heterocycles. The molecule has 0 unspecified atom stereocenters. The Morgan fingerprint density at radius 1 is 1.22 bits per heavy atom. The molecule has 5 N–H and O–H groups in total. The first-order chi connectivity index (χ1) is 11.0. The van der Waals surface area contributed by atoms with E-state index in [0.29, 0.717) is 23.0 Å². The summed E-state index contributed by atoms with van der Waals surface area (Å²) in [6, 6.07) is 7.57. The summed E-state index contributed by atoms with van der Waals surface area (Å²) in [7, 11) is 1.60. The van der Waals surface area contributed by atoms with Crippen LogP contribution < -0.4 is 21.8 Å². The lowest BCUT2D eigenvalue weighted by Gasteiger charge is -2.12. The van der Waals surface area contributed by atoms with Gasteiger partial charge in [0, 0.05) is 12.0 Å². The summed E-state index contributed by atoms with van der Waals surface area (Å²) in [5.41, 5.74) is 13.9. The fourth-order valence-electron chi connectivity index (χ4n) is 2.71. The number of anilines is 2. The van der Waals surface area contributed by atoms with Crippen LogP contribution in [-0.2, 0) is 6.42 Å². The van der Waals surface area contributed by atoms with Gasteiger partial charge in [-0.3, -0.25) is 4.79 Å². The first kappa shape index (κ1) is 14.8. The Balaban J connectivity index is 2.20. The average molecular weight is 311 g/mol. The van der Waals surface area contributed by atoms with Crippen molar-refractivity contribution in [3.8, 4) is 5.75 Å². The lowest BCUT2D eigenvalue weighted by Crippen LogP contribution is -2.17. The molecule has 3 rings (SSSR count). The van der Waals surface area contributed by atoms with E-state index in [1.807, 2.05) is 31.2 Å². The second-order valence-electron chi connectivity index (χ2n) is 5.24. The summed E-state index contributed by atoms with van der Waals surface area (Å²) < 4.78 is 5.35. The highest BCUT2D eigenvalue weighted by Gasteiger charge is 2.15. The van der Waals surface area contributed by atoms with E-state index in [2.05, 4.69) is 15.0 Å². The molecular formula is C16H17N5O2. The number of H-pyrrole nitrogens is 1. The molecule has 7 heteroatoms. The zero-order valence-electron chi connectivity index (χ0n) is 12.9. The van der Waals surface area contributed by atoms with Crippen molar-refractivity contribution in [2.45, 2.75) is 13.3 Å². The van der Waals surface area contributed by atoms with Crippen LogP contribution >= 0.6 is 0 Å². The number of aromatic amines is 1. The minimum Gasteiger partial charge on any atom is -0.496 e. The number of hydrogen-bond donors (Lipinski definition) is 3. The summed E-state index contributed by atoms with van der Waals surface area (Å²) in [6.45, 7) is 1.83. The van der Waals surface area contributed by atoms with Crippen molar-refractivity contribution in [2.24, 2.45) is 0 Å². The number of para-hydroxylation sites is 1. The van der Waals surface area contributed by atoms with E-state index in [1.165, 1.54) is 0 Å². The fraction of sp³-hybridized carbons (Fsp3) is 0.188. The van der Waals surface area contributed by atoms with Crippen molar-refractivity contribution in [1.29, 1.82) is 0 Å². The molecule has 2 aromatic heterocycles. The average Bonchev–Trinajstić information content (AvgIpc) is 2.50. The smallest absolute Gasteiger partial charge is 0.253 e. The molecule has 7 nitrogen and oxygen atoms in total. The van der Waals surface area contributed by atoms with Crippen molar-refractivity contribution in [2.75, 3.05) is 18.6 Å². The molecular weight excluding hydrogens is 294 g/mol. The molecule has 23 heavy (non-hydrogen) atoms. The van der Waals surface area contributed by atoms with Crippen LogP contribution in [0.4, 0.5) is 11.8 Å². The summed E-state index contributed by atoms with van der Waals surface area (Å²) in [5.74, 6) is 1.01. The van der Waals surface area contributed by atoms with Crippen molar-refractivity contribution in [1.82, 2.24) is 15.0 Å². The predicted molar refractivity (Wildman–Crippen MR) is 89.5 cm³/mol. The van der Waals surface area contributed by atoms with Gasteiger partial charge in [-0.05, 0) is 24.1 Å². The molecule has 0 radical (unpaired) electrons. The van der Waals surface area contributed by atoms with E-state index < -0.39 is 0 Å². The first-order valence-corrected chi connectivity index (χ1v) is 7.07. The monoisotopic (exact) mass is 311 g/mol. The lowest BCUT2D eigenvalue weighted by molar-refractivity contribution is 0.410. The number of aryl methyl sites for hydroxylation is 1. The van der Waals surface area contributed by atoms with Gasteiger partial charge < -0.3 is 21.2 Å². The van der Waals surface area contributed by atoms with Gasteiger partial charge in [0.2, 0.25) is 5.95 Å². The Kier molecular flexibility index (Phi) is 3.61. The molecule has 0 amide bonds. The van der Waals surface area contributed by atoms with Crippen molar-refractivity contribution < 1.29 is 4.74 Å². The molecule has 0 atom stereocenters. The van der Waals surface area contributed by atoms with E-state index >= 15 is 0 Å². The molecule has 0 saturated carbocycles. The molecule has 118 valence electrons. The number of nitrogen functional groups attached to an aromatic ring is 2. The van der Waals surface area contributed by atoms with Gasteiger partial charge in [0.25, 0.3) is 5.56 Å². The summed E-state index contributed by atoms with van der Waals surface area (Å²) >= 11 is 0. The topological polar surface area (TPSA) is 120 Å². The molecule has 0 saturated heterocycles. The van der Waals surface area contributed by atoms with Crippen LogP contribution in [0.3, 0.4) is 0 Å². The number of pyridine rings is 1. The Morgan fingerprint density at radius 2 is 1.96 bits per heavy atom. The number of methoxy groups -OCH3 is 1. The van der Waals surface area contributed by atoms with Crippen molar-refractivity contribution >= 4 is 22.8 Å². The molecule has 0 fully saturated rings. The van der Waals surface area contributed by atoms with Gasteiger partial charge in [0.05, 0.1) is 12.5 Å². The molecule has 1 aromatic carbocycles. The van der Waals surface area contributed by atoms with Crippen LogP contribution in [-0.4, -0.2) is 22.1 Å². The summed E-state index contributed by atoms with van der Waals surface area (Å²) in [6.07, 6.45) is 0.422. The second kappa shape index (κ2) is 5.60. The highest BCUT2D eigenvalue weighted by atomic mass is 16.5. The Bertz CT molecular complexity index is 949. The third-order valence-electron chi connectivity index (χ3n) is 3.85. The van der Waals surface area contributed by atoms with Gasteiger partial charge in [-0.2, -0.15) is 9.97 Å². The summed E-state index contributed by atoms with van der Waals surface area (Å²) in [5, 5.41) is 0.615. The van der Waals surface area contributed by atoms with Crippen LogP contribution in [0.5, 0.6) is 5.75 Å². The SMILES string of the molecule is COc1ccccc1Cc1c(C)c2c(N)nc(N)nc2[nH]c1=O. The number of benzene rings is 1. The number of nitrogens with zero attached hydrogens (tertiary/aromatic N) is 2. The van der Waals surface area contributed by atoms with Gasteiger partial charge in [-0.1, -0.05) is 18.2 Å². The van der Waals surface area contributed by atoms with Crippen molar-refractivity contribution in [3.05, 3.63) is 51.3 Å². The quantitative estimate of drug-likeness (QED) is 0.672. The normalized spacial score (nSPS) is 10.9. The third-order valence-corrected chi connectivity index (χ3v) is 3.85. The molecule has 0 bridgehead atoms. The van der Waals surface area contributed by atoms with Crippen LogP contribution in [0.1, 0.15) is 16.7 Å². The predicted octanol–water partition coefficient (Wildman–Crippen LogP) is 1.39. The minimum atomic E-state index is -0.224. The lowest BCUT2D eigenvalue weighted by atomic mass is 9.99. The van der Waals surface area contributed by atoms with Crippen LogP contribution in [0.25, 0.3) is 11.0 Å². The molecule has 3 aromatic rings. The van der Waals surface area contributed by atoms with Crippen LogP contribution in [0.15, 0.2) is 29.1 Å². The second-order valence-corrected chi connectivity index (χ2v) is 5.24. The van der Waals surface area contributed by atoms with E-state index in [9.17, 15) is 4.79 Å². The standard InChI is InChI=1S/C16H17N5O2/c1-8-10(7-9-5-3-4-6-11(9)23-2)15(22)20-14-12(8)13(17)19-16(18)21-14/h3-6H,7H2,1-2H3,(H5,17,18,19,20,21,22). The Hall–Kier alpha value is -3.09. The maximum Gasteiger partial charge on any atom is 0.253 e. The van der Waals surface area contributed by atoms with Crippen LogP contribution in [0.2, 0.25) is 0 Å². The highest BCUT2D eigenvalue weighted by Crippen LogP contribution is 2.25. The number of nitrogens with two attached hydrogens (primary N) is 2. The Morgan fingerprint density at radius 3 is 2.70 bits per heavy atom. The van der Waals surface area contributed by atoms with E-state index in [0.717, 1.165) is 16.9 Å². The number of hydrogen-bond acceptors (Lipinski definition) is 6. The zero-order chi connectivity index (χ0) is 16.6. The molecule has 0 spiro atoms. The maximum absolute atomic E-state index is 12.4. The molecule has 2 heterocycles. The van der Waals surface area contributed by atoms with Gasteiger partial charge in [0.15, 0.2) is 0 Å². The van der Waals surface area contributed by atoms with Gasteiger partial charge in [-0.25, -0.2) is 0 Å². The molecule has 0 aliphatic rings. The largest absolute Gasteiger partial charge is 0.496 e. The van der Waals surface area contributed by atoms with E-state index in [1.54, 1.807) is 7.11 Å². The number of rotatable bonds is 3. The van der Waals surface area contributed by atoms with Gasteiger partial charge >= 0.3 is 0 Å². The molecule has 0 aliphatic carbocycles.